The molecule has 0 heterocycles. The number of nitrogens with zero attached hydrogens (tertiary/aromatic N) is 1. The maximum atomic E-state index is 11.7. The molecule has 0 aliphatic rings. The van der Waals surface area contributed by atoms with Crippen LogP contribution in [-0.4, -0.2) is 24.2 Å². The first-order valence-electron chi connectivity index (χ1n) is 5.36. The highest BCUT2D eigenvalue weighted by Gasteiger charge is 2.12. The Balaban J connectivity index is 2.47. The van der Waals surface area contributed by atoms with Gasteiger partial charge in [-0.2, -0.15) is 0 Å². The quantitative estimate of drug-likeness (QED) is 0.627. The molecular formula is C14H14N2O2. The van der Waals surface area contributed by atoms with Crippen LogP contribution in [-0.2, 0) is 11.3 Å². The van der Waals surface area contributed by atoms with Gasteiger partial charge in [-0.25, -0.2) is 15.2 Å². The van der Waals surface area contributed by atoms with Crippen molar-refractivity contribution in [3.63, 3.8) is 0 Å². The van der Waals surface area contributed by atoms with E-state index in [0.29, 0.717) is 0 Å². The summed E-state index contributed by atoms with van der Waals surface area (Å²) >= 11 is 0. The Morgan fingerprint density at radius 1 is 1.28 bits per heavy atom. The number of nitrogens with one attached hydrogen (secondary N) is 1. The molecule has 1 N–H and O–H groups in total. The lowest BCUT2D eigenvalue weighted by atomic mass is 10.2. The van der Waals surface area contributed by atoms with E-state index in [2.05, 4.69) is 17.3 Å². The highest BCUT2D eigenvalue weighted by Crippen LogP contribution is 2.02. The summed E-state index contributed by atoms with van der Waals surface area (Å²) in [7, 11) is 0. The molecule has 0 bridgehead atoms. The molecule has 1 amide bonds. The largest absolute Gasteiger partial charge is 0.444 e. The molecule has 1 aromatic rings. The average Bonchev–Trinajstić information content (AvgIpc) is 2.42. The smallest absolute Gasteiger partial charge is 0.425 e. The van der Waals surface area contributed by atoms with Crippen molar-refractivity contribution >= 4 is 6.09 Å². The molecule has 0 aliphatic carbocycles. The zero-order chi connectivity index (χ0) is 13.2. The number of amides is 1. The summed E-state index contributed by atoms with van der Waals surface area (Å²) in [6, 6.07) is 9.38. The van der Waals surface area contributed by atoms with Gasteiger partial charge in [-0.3, -0.25) is 0 Å². The second-order valence-electron chi connectivity index (χ2n) is 3.37. The van der Waals surface area contributed by atoms with E-state index in [9.17, 15) is 4.79 Å². The molecule has 0 atom stereocenters. The van der Waals surface area contributed by atoms with Gasteiger partial charge in [0.1, 0.15) is 13.2 Å². The Labute approximate surface area is 107 Å². The molecule has 92 valence electrons. The minimum Gasteiger partial charge on any atom is -0.444 e. The zero-order valence-corrected chi connectivity index (χ0v) is 9.93. The number of ether oxygens (including phenoxy) is 1. The van der Waals surface area contributed by atoms with Crippen LogP contribution in [0.1, 0.15) is 5.56 Å². The molecule has 1 rings (SSSR count). The summed E-state index contributed by atoms with van der Waals surface area (Å²) in [5.74, 6) is 4.71. The Morgan fingerprint density at radius 3 is 2.61 bits per heavy atom. The van der Waals surface area contributed by atoms with Crippen LogP contribution in [0.25, 0.3) is 0 Å². The number of rotatable bonds is 5. The van der Waals surface area contributed by atoms with Crippen LogP contribution >= 0.6 is 0 Å². The average molecular weight is 242 g/mol. The summed E-state index contributed by atoms with van der Waals surface area (Å²) in [5, 5.41) is 1.17. The predicted octanol–water partition coefficient (Wildman–Crippen LogP) is 1.40. The van der Waals surface area contributed by atoms with Gasteiger partial charge >= 0.3 is 6.09 Å². The number of benzene rings is 1. The number of carbonyl (C=O) groups excluding carboxylic acids is 1. The number of hydrogen-bond acceptors (Lipinski definition) is 3. The first-order chi connectivity index (χ1) is 8.77. The van der Waals surface area contributed by atoms with Gasteiger partial charge in [-0.1, -0.05) is 42.2 Å². The normalized spacial score (nSPS) is 9.00. The Hall–Kier alpha value is -2.43. The van der Waals surface area contributed by atoms with E-state index in [1.807, 2.05) is 30.3 Å². The predicted molar refractivity (Wildman–Crippen MR) is 69.0 cm³/mol. The lowest BCUT2D eigenvalue weighted by molar-refractivity contribution is 0.0851. The summed E-state index contributed by atoms with van der Waals surface area (Å²) < 4.78 is 5.10. The van der Waals surface area contributed by atoms with Gasteiger partial charge in [0.15, 0.2) is 0 Å². The van der Waals surface area contributed by atoms with E-state index in [4.69, 9.17) is 17.6 Å². The number of hydrazine groups is 1. The lowest BCUT2D eigenvalue weighted by Crippen LogP contribution is -2.43. The van der Waals surface area contributed by atoms with Crippen molar-refractivity contribution in [2.45, 2.75) is 6.61 Å². The van der Waals surface area contributed by atoms with Gasteiger partial charge in [0, 0.05) is 0 Å². The van der Waals surface area contributed by atoms with Gasteiger partial charge in [0.2, 0.25) is 0 Å². The highest BCUT2D eigenvalue weighted by atomic mass is 16.6. The number of hydrogen-bond donors (Lipinski definition) is 1. The molecule has 0 aliphatic heterocycles. The Morgan fingerprint density at radius 2 is 2.00 bits per heavy atom. The van der Waals surface area contributed by atoms with Crippen molar-refractivity contribution in [1.29, 1.82) is 0 Å². The fourth-order valence-corrected chi connectivity index (χ4v) is 1.21. The van der Waals surface area contributed by atoms with Crippen molar-refractivity contribution in [1.82, 2.24) is 10.4 Å². The van der Waals surface area contributed by atoms with E-state index >= 15 is 0 Å². The van der Waals surface area contributed by atoms with Crippen molar-refractivity contribution in [3.8, 4) is 24.7 Å². The minimum atomic E-state index is -0.549. The van der Waals surface area contributed by atoms with E-state index < -0.39 is 6.09 Å². The Bertz CT molecular complexity index is 457. The summed E-state index contributed by atoms with van der Waals surface area (Å²) in [6.07, 6.45) is 9.70. The van der Waals surface area contributed by atoms with Crippen LogP contribution in [0.2, 0.25) is 0 Å². The standard InChI is InChI=1S/C14H14N2O2/c1-3-10-15-16(11-4-2)14(17)18-12-13-8-6-5-7-9-13/h1-2,5-9,15H,10-12H2. The number of carbonyl (C=O) groups is 1. The maximum absolute atomic E-state index is 11.7. The van der Waals surface area contributed by atoms with Gasteiger partial charge in [-0.05, 0) is 5.56 Å². The third kappa shape index (κ3) is 4.61. The van der Waals surface area contributed by atoms with Gasteiger partial charge in [0.05, 0.1) is 6.54 Å². The van der Waals surface area contributed by atoms with Gasteiger partial charge in [0.25, 0.3) is 0 Å². The molecule has 0 radical (unpaired) electrons. The molecule has 0 fully saturated rings. The molecular weight excluding hydrogens is 228 g/mol. The second-order valence-corrected chi connectivity index (χ2v) is 3.37. The molecule has 0 unspecified atom stereocenters. The lowest BCUT2D eigenvalue weighted by Gasteiger charge is -2.19. The first-order valence-corrected chi connectivity index (χ1v) is 5.36. The van der Waals surface area contributed by atoms with E-state index in [-0.39, 0.29) is 19.7 Å². The molecule has 4 nitrogen and oxygen atoms in total. The topological polar surface area (TPSA) is 41.6 Å². The van der Waals surface area contributed by atoms with E-state index in [1.165, 1.54) is 5.01 Å². The van der Waals surface area contributed by atoms with Crippen LogP contribution in [0.5, 0.6) is 0 Å². The molecule has 18 heavy (non-hydrogen) atoms. The highest BCUT2D eigenvalue weighted by molar-refractivity contribution is 5.67. The summed E-state index contributed by atoms with van der Waals surface area (Å²) in [4.78, 5) is 11.7. The van der Waals surface area contributed by atoms with Crippen molar-refractivity contribution in [2.75, 3.05) is 13.1 Å². The van der Waals surface area contributed by atoms with Gasteiger partial charge in [-0.15, -0.1) is 12.8 Å². The SMILES string of the molecule is C#CCNN(CC#C)C(=O)OCc1ccccc1. The first kappa shape index (κ1) is 13.6. The molecule has 1 aromatic carbocycles. The maximum Gasteiger partial charge on any atom is 0.425 e. The second kappa shape index (κ2) is 7.78. The summed E-state index contributed by atoms with van der Waals surface area (Å²) in [6.45, 7) is 0.496. The van der Waals surface area contributed by atoms with Crippen LogP contribution < -0.4 is 5.43 Å². The molecule has 0 saturated carbocycles. The number of terminal acetylenes is 2. The van der Waals surface area contributed by atoms with Crippen molar-refractivity contribution in [3.05, 3.63) is 35.9 Å². The molecule has 0 saturated heterocycles. The molecule has 0 spiro atoms. The van der Waals surface area contributed by atoms with Crippen LogP contribution in [0.4, 0.5) is 4.79 Å². The monoisotopic (exact) mass is 242 g/mol. The fraction of sp³-hybridized carbons (Fsp3) is 0.214. The third-order valence-corrected chi connectivity index (χ3v) is 2.05. The van der Waals surface area contributed by atoms with E-state index in [1.54, 1.807) is 0 Å². The molecule has 4 heteroatoms. The zero-order valence-electron chi connectivity index (χ0n) is 9.93. The summed E-state index contributed by atoms with van der Waals surface area (Å²) in [5.41, 5.74) is 3.59. The van der Waals surface area contributed by atoms with Crippen LogP contribution in [0, 0.1) is 24.7 Å². The fourth-order valence-electron chi connectivity index (χ4n) is 1.21. The van der Waals surface area contributed by atoms with Crippen molar-refractivity contribution in [2.24, 2.45) is 0 Å². The Kier molecular flexibility index (Phi) is 5.89. The minimum absolute atomic E-state index is 0.0926. The van der Waals surface area contributed by atoms with E-state index in [0.717, 1.165) is 5.56 Å². The van der Waals surface area contributed by atoms with Crippen molar-refractivity contribution < 1.29 is 9.53 Å². The van der Waals surface area contributed by atoms with Crippen LogP contribution in [0.3, 0.4) is 0 Å². The van der Waals surface area contributed by atoms with Crippen LogP contribution in [0.15, 0.2) is 30.3 Å². The van der Waals surface area contributed by atoms with Gasteiger partial charge < -0.3 is 4.74 Å². The third-order valence-electron chi connectivity index (χ3n) is 2.05. The molecule has 0 aromatic heterocycles.